The molecule has 0 radical (unpaired) electrons. The van der Waals surface area contributed by atoms with E-state index >= 15 is 0 Å². The molecule has 0 N–H and O–H groups in total. The predicted molar refractivity (Wildman–Crippen MR) is 174 cm³/mol. The second-order valence-electron chi connectivity index (χ2n) is 11.2. The summed E-state index contributed by atoms with van der Waals surface area (Å²) >= 11 is 0. The van der Waals surface area contributed by atoms with Crippen molar-refractivity contribution < 1.29 is 4.42 Å². The second kappa shape index (κ2) is 8.68. The van der Waals surface area contributed by atoms with Gasteiger partial charge in [-0.15, -0.1) is 0 Å². The average Bonchev–Trinajstić information content (AvgIpc) is 3.39. The smallest absolute Gasteiger partial charge is 0.136 e. The van der Waals surface area contributed by atoms with Gasteiger partial charge in [0, 0.05) is 10.8 Å². The van der Waals surface area contributed by atoms with Gasteiger partial charge in [0.05, 0.1) is 0 Å². The minimum absolute atomic E-state index is 0.932. The minimum atomic E-state index is 0.932. The summed E-state index contributed by atoms with van der Waals surface area (Å²) in [5, 5.41) is 9.95. The molecular weight excluding hydrogens is 496 g/mol. The average molecular weight is 523 g/mol. The van der Waals surface area contributed by atoms with Crippen LogP contribution in [0.1, 0.15) is 23.1 Å². The Morgan fingerprint density at radius 3 is 2.05 bits per heavy atom. The molecule has 9 rings (SSSR count). The number of benzene rings is 7. The van der Waals surface area contributed by atoms with E-state index in [1.165, 1.54) is 71.1 Å². The largest absolute Gasteiger partial charge is 0.456 e. The van der Waals surface area contributed by atoms with Crippen LogP contribution in [0, 0.1) is 0 Å². The Kier molecular flexibility index (Phi) is 4.80. The van der Waals surface area contributed by atoms with E-state index in [1.807, 2.05) is 0 Å². The molecule has 0 bridgehead atoms. The molecule has 0 saturated heterocycles. The van der Waals surface area contributed by atoms with Gasteiger partial charge in [0.2, 0.25) is 0 Å². The van der Waals surface area contributed by atoms with Crippen LogP contribution in [0.5, 0.6) is 0 Å². The van der Waals surface area contributed by atoms with Crippen molar-refractivity contribution >= 4 is 65.9 Å². The number of furan rings is 1. The van der Waals surface area contributed by atoms with Crippen LogP contribution in [0.3, 0.4) is 0 Å². The summed E-state index contributed by atoms with van der Waals surface area (Å²) in [5.41, 5.74) is 9.88. The number of hydrogen-bond donors (Lipinski definition) is 0. The first-order valence-electron chi connectivity index (χ1n) is 14.4. The number of aryl methyl sites for hydroxylation is 1. The van der Waals surface area contributed by atoms with Crippen LogP contribution < -0.4 is 0 Å². The highest BCUT2D eigenvalue weighted by atomic mass is 16.3. The zero-order valence-corrected chi connectivity index (χ0v) is 22.5. The van der Waals surface area contributed by atoms with Crippen LogP contribution in [0.2, 0.25) is 0 Å². The Bertz CT molecular complexity index is 2370. The van der Waals surface area contributed by atoms with E-state index in [4.69, 9.17) is 4.42 Å². The Labute approximate surface area is 238 Å². The van der Waals surface area contributed by atoms with Gasteiger partial charge in [-0.1, -0.05) is 109 Å². The van der Waals surface area contributed by atoms with Gasteiger partial charge in [0.25, 0.3) is 0 Å². The molecule has 7 aromatic carbocycles. The van der Waals surface area contributed by atoms with Crippen molar-refractivity contribution in [2.75, 3.05) is 0 Å². The lowest BCUT2D eigenvalue weighted by Crippen LogP contribution is -2.01. The van der Waals surface area contributed by atoms with E-state index in [9.17, 15) is 0 Å². The van der Waals surface area contributed by atoms with Crippen LogP contribution in [-0.2, 0) is 6.42 Å². The summed E-state index contributed by atoms with van der Waals surface area (Å²) in [7, 11) is 0. The molecule has 8 aromatic rings. The number of para-hydroxylation sites is 1. The molecule has 1 heteroatoms. The summed E-state index contributed by atoms with van der Waals surface area (Å²) in [5.74, 6) is 0. The van der Waals surface area contributed by atoms with E-state index in [1.54, 1.807) is 0 Å². The van der Waals surface area contributed by atoms with Gasteiger partial charge >= 0.3 is 0 Å². The fraction of sp³-hybridized carbons (Fsp3) is 0.0500. The molecule has 1 nitrogen and oxygen atoms in total. The van der Waals surface area contributed by atoms with E-state index in [2.05, 4.69) is 133 Å². The van der Waals surface area contributed by atoms with Gasteiger partial charge in [0.15, 0.2) is 0 Å². The fourth-order valence-electron chi connectivity index (χ4n) is 7.03. The first kappa shape index (κ1) is 22.7. The number of fused-ring (bicyclic) bond motifs is 7. The van der Waals surface area contributed by atoms with Crippen LogP contribution in [0.25, 0.3) is 77.0 Å². The molecule has 1 heterocycles. The van der Waals surface area contributed by atoms with Crippen LogP contribution in [-0.4, -0.2) is 0 Å². The van der Waals surface area contributed by atoms with Crippen LogP contribution >= 0.6 is 0 Å². The maximum atomic E-state index is 6.45. The molecule has 41 heavy (non-hydrogen) atoms. The second-order valence-corrected chi connectivity index (χ2v) is 11.2. The zero-order valence-electron chi connectivity index (χ0n) is 22.5. The minimum Gasteiger partial charge on any atom is -0.456 e. The third-order valence-corrected chi connectivity index (χ3v) is 8.93. The zero-order chi connectivity index (χ0) is 26.9. The highest BCUT2D eigenvalue weighted by Gasteiger charge is 2.22. The predicted octanol–water partition coefficient (Wildman–Crippen LogP) is 11.2. The Morgan fingerprint density at radius 2 is 1.15 bits per heavy atom. The molecule has 192 valence electrons. The standard InChI is InChI=1S/C40H26O/c1-3-11-27-21-29(19-17-25(27)9-1)39-32-14-5-6-15-33(32)40(30-20-18-26-10-2-4-12-28(26)22-30)36-24-38-34(23-35(36)39)31-13-7-8-16-37(31)41-38/h1-17,19,21-24H,18,20H2. The van der Waals surface area contributed by atoms with Gasteiger partial charge in [-0.05, 0) is 103 Å². The number of hydrogen-bond acceptors (Lipinski definition) is 1. The van der Waals surface area contributed by atoms with Gasteiger partial charge in [0.1, 0.15) is 11.2 Å². The summed E-state index contributed by atoms with van der Waals surface area (Å²) < 4.78 is 6.45. The number of allylic oxidation sites excluding steroid dienone is 1. The van der Waals surface area contributed by atoms with Gasteiger partial charge in [-0.2, -0.15) is 0 Å². The monoisotopic (exact) mass is 522 g/mol. The maximum Gasteiger partial charge on any atom is 0.136 e. The first-order valence-corrected chi connectivity index (χ1v) is 14.4. The fourth-order valence-corrected chi connectivity index (χ4v) is 7.03. The van der Waals surface area contributed by atoms with Crippen molar-refractivity contribution in [1.82, 2.24) is 0 Å². The summed E-state index contributed by atoms with van der Waals surface area (Å²) in [6.45, 7) is 0. The summed E-state index contributed by atoms with van der Waals surface area (Å²) in [6, 6.07) is 46.4. The normalized spacial score (nSPS) is 13.3. The highest BCUT2D eigenvalue weighted by molar-refractivity contribution is 6.23. The quantitative estimate of drug-likeness (QED) is 0.206. The highest BCUT2D eigenvalue weighted by Crippen LogP contribution is 2.46. The van der Waals surface area contributed by atoms with Crippen molar-refractivity contribution in [1.29, 1.82) is 0 Å². The van der Waals surface area contributed by atoms with E-state index in [0.717, 1.165) is 29.4 Å². The molecule has 0 unspecified atom stereocenters. The summed E-state index contributed by atoms with van der Waals surface area (Å²) in [4.78, 5) is 0. The lowest BCUT2D eigenvalue weighted by molar-refractivity contribution is 0.669. The van der Waals surface area contributed by atoms with Crippen molar-refractivity contribution in [2.45, 2.75) is 12.8 Å². The Morgan fingerprint density at radius 1 is 0.439 bits per heavy atom. The van der Waals surface area contributed by atoms with Gasteiger partial charge in [-0.3, -0.25) is 0 Å². The van der Waals surface area contributed by atoms with E-state index in [-0.39, 0.29) is 0 Å². The topological polar surface area (TPSA) is 13.1 Å². The molecule has 0 aliphatic heterocycles. The van der Waals surface area contributed by atoms with Crippen molar-refractivity contribution in [3.63, 3.8) is 0 Å². The molecule has 1 aliphatic rings. The molecule has 0 fully saturated rings. The molecular formula is C40H26O. The molecule has 1 aliphatic carbocycles. The molecule has 0 spiro atoms. The first-order chi connectivity index (χ1) is 20.3. The van der Waals surface area contributed by atoms with Crippen LogP contribution in [0.4, 0.5) is 0 Å². The van der Waals surface area contributed by atoms with Crippen molar-refractivity contribution in [3.8, 4) is 11.1 Å². The SMILES string of the molecule is C1=C(c2c3ccccc3c(-c3ccc4ccccc4c3)c3cc4c(cc23)oc2ccccc24)CCc2ccccc21. The van der Waals surface area contributed by atoms with E-state index in [0.29, 0.717) is 0 Å². The molecule has 0 amide bonds. The van der Waals surface area contributed by atoms with Gasteiger partial charge < -0.3 is 4.42 Å². The Balaban J connectivity index is 1.46. The number of rotatable bonds is 2. The van der Waals surface area contributed by atoms with Crippen molar-refractivity contribution in [3.05, 3.63) is 144 Å². The lowest BCUT2D eigenvalue weighted by Gasteiger charge is -2.22. The lowest BCUT2D eigenvalue weighted by atomic mass is 9.81. The van der Waals surface area contributed by atoms with E-state index < -0.39 is 0 Å². The molecule has 1 aromatic heterocycles. The third kappa shape index (κ3) is 3.42. The third-order valence-electron chi connectivity index (χ3n) is 8.93. The summed E-state index contributed by atoms with van der Waals surface area (Å²) in [6.07, 6.45) is 4.49. The molecule has 0 atom stereocenters. The van der Waals surface area contributed by atoms with Crippen LogP contribution in [0.15, 0.2) is 132 Å². The molecule has 0 saturated carbocycles. The Hall–Kier alpha value is -5.14. The van der Waals surface area contributed by atoms with Crippen molar-refractivity contribution in [2.24, 2.45) is 0 Å². The van der Waals surface area contributed by atoms with Gasteiger partial charge in [-0.25, -0.2) is 0 Å². The maximum absolute atomic E-state index is 6.45.